The summed E-state index contributed by atoms with van der Waals surface area (Å²) in [6.07, 6.45) is 0. The fourth-order valence-electron chi connectivity index (χ4n) is 3.44. The summed E-state index contributed by atoms with van der Waals surface area (Å²) in [5.74, 6) is -2.12. The van der Waals surface area contributed by atoms with Gasteiger partial charge in [0.05, 0.1) is 0 Å². The summed E-state index contributed by atoms with van der Waals surface area (Å²) in [5.41, 5.74) is 3.32. The van der Waals surface area contributed by atoms with Gasteiger partial charge in [-0.05, 0) is 38.0 Å². The molecule has 124 valence electrons. The third kappa shape index (κ3) is 2.31. The minimum atomic E-state index is -0.957. The Hall–Kier alpha value is -2.89. The van der Waals surface area contributed by atoms with Gasteiger partial charge < -0.3 is 15.0 Å². The molecule has 1 unspecified atom stereocenters. The van der Waals surface area contributed by atoms with Gasteiger partial charge in [0.1, 0.15) is 11.6 Å². The average molecular weight is 326 g/mol. The van der Waals surface area contributed by atoms with Crippen LogP contribution in [0.4, 0.5) is 5.69 Å². The molecule has 1 atom stereocenters. The first-order chi connectivity index (χ1) is 11.3. The van der Waals surface area contributed by atoms with Gasteiger partial charge in [-0.3, -0.25) is 14.4 Å². The first kappa shape index (κ1) is 16.0. The van der Waals surface area contributed by atoms with Gasteiger partial charge in [0.25, 0.3) is 5.91 Å². The smallest absolute Gasteiger partial charge is 0.312 e. The van der Waals surface area contributed by atoms with Crippen molar-refractivity contribution < 1.29 is 19.5 Å². The fraction of sp³-hybridized carbons (Fsp3) is 0.278. The van der Waals surface area contributed by atoms with Crippen molar-refractivity contribution in [2.45, 2.75) is 26.7 Å². The average Bonchev–Trinajstić information content (AvgIpc) is 3.04. The van der Waals surface area contributed by atoms with Crippen molar-refractivity contribution in [1.29, 1.82) is 0 Å². The number of fused-ring (bicyclic) bond motifs is 1. The van der Waals surface area contributed by atoms with E-state index in [1.807, 2.05) is 0 Å². The summed E-state index contributed by atoms with van der Waals surface area (Å²) in [6.45, 7) is 5.02. The van der Waals surface area contributed by atoms with Gasteiger partial charge in [-0.25, -0.2) is 0 Å². The van der Waals surface area contributed by atoms with Gasteiger partial charge in [0.2, 0.25) is 0 Å². The molecule has 1 aliphatic heterocycles. The van der Waals surface area contributed by atoms with Crippen LogP contribution in [0.2, 0.25) is 0 Å². The molecule has 0 aliphatic carbocycles. The van der Waals surface area contributed by atoms with Crippen LogP contribution in [0, 0.1) is 13.8 Å². The van der Waals surface area contributed by atoms with Crippen molar-refractivity contribution in [3.63, 3.8) is 0 Å². The van der Waals surface area contributed by atoms with E-state index in [2.05, 4.69) is 4.98 Å². The number of nitrogens with zero attached hydrogens (tertiary/aromatic N) is 1. The molecule has 2 aromatic rings. The molecule has 6 nitrogen and oxygen atoms in total. The fourth-order valence-corrected chi connectivity index (χ4v) is 3.44. The lowest BCUT2D eigenvalue weighted by Crippen LogP contribution is -2.32. The number of nitrogens with one attached hydrogen (secondary N) is 1. The van der Waals surface area contributed by atoms with Crippen molar-refractivity contribution in [1.82, 2.24) is 4.98 Å². The molecule has 0 saturated carbocycles. The molecule has 1 aliphatic rings. The Morgan fingerprint density at radius 3 is 2.46 bits per heavy atom. The van der Waals surface area contributed by atoms with E-state index in [-0.39, 0.29) is 18.2 Å². The third-order valence-corrected chi connectivity index (χ3v) is 4.51. The number of carboxylic acid groups (broad SMARTS) is 1. The second-order valence-corrected chi connectivity index (χ2v) is 6.05. The largest absolute Gasteiger partial charge is 0.481 e. The van der Waals surface area contributed by atoms with E-state index in [9.17, 15) is 19.5 Å². The Kier molecular flexibility index (Phi) is 3.75. The highest BCUT2D eigenvalue weighted by atomic mass is 16.4. The number of aromatic nitrogens is 1. The lowest BCUT2D eigenvalue weighted by molar-refractivity contribution is -0.138. The molecule has 1 aromatic heterocycles. The summed E-state index contributed by atoms with van der Waals surface area (Å²) in [7, 11) is 0. The summed E-state index contributed by atoms with van der Waals surface area (Å²) in [5, 5.41) is 9.42. The quantitative estimate of drug-likeness (QED) is 0.848. The van der Waals surface area contributed by atoms with Gasteiger partial charge in [-0.15, -0.1) is 0 Å². The highest BCUT2D eigenvalue weighted by Gasteiger charge is 2.37. The molecule has 0 fully saturated rings. The number of carboxylic acids is 1. The highest BCUT2D eigenvalue weighted by Crippen LogP contribution is 2.37. The van der Waals surface area contributed by atoms with Gasteiger partial charge in [-0.1, -0.05) is 18.2 Å². The van der Waals surface area contributed by atoms with E-state index in [1.54, 1.807) is 38.1 Å². The van der Waals surface area contributed by atoms with Crippen LogP contribution >= 0.6 is 0 Å². The number of carbonyl (C=O) groups excluding carboxylic acids is 2. The number of amides is 1. The normalized spacial score (nSPS) is 16.1. The van der Waals surface area contributed by atoms with Crippen LogP contribution in [-0.4, -0.2) is 34.3 Å². The number of H-pyrrole nitrogens is 1. The molecule has 6 heteroatoms. The van der Waals surface area contributed by atoms with E-state index in [0.717, 1.165) is 0 Å². The van der Waals surface area contributed by atoms with Gasteiger partial charge in [0.15, 0.2) is 5.78 Å². The topological polar surface area (TPSA) is 90.5 Å². The molecule has 0 bridgehead atoms. The number of aliphatic carboxylic acids is 1. The Bertz CT molecular complexity index is 866. The van der Waals surface area contributed by atoms with Crippen LogP contribution in [0.5, 0.6) is 0 Å². The van der Waals surface area contributed by atoms with E-state index in [1.165, 1.54) is 11.8 Å². The maximum atomic E-state index is 13.0. The maximum Gasteiger partial charge on any atom is 0.312 e. The second-order valence-electron chi connectivity index (χ2n) is 6.05. The molecule has 0 radical (unpaired) electrons. The summed E-state index contributed by atoms with van der Waals surface area (Å²) < 4.78 is 0. The zero-order chi connectivity index (χ0) is 17.6. The molecule has 1 amide bonds. The van der Waals surface area contributed by atoms with Crippen LogP contribution in [0.25, 0.3) is 0 Å². The van der Waals surface area contributed by atoms with Gasteiger partial charge >= 0.3 is 5.97 Å². The minimum absolute atomic E-state index is 0.0838. The predicted molar refractivity (Wildman–Crippen MR) is 88.8 cm³/mol. The number of aryl methyl sites for hydroxylation is 1. The van der Waals surface area contributed by atoms with Crippen LogP contribution < -0.4 is 4.90 Å². The number of aromatic amines is 1. The van der Waals surface area contributed by atoms with E-state index < -0.39 is 11.9 Å². The van der Waals surface area contributed by atoms with Crippen LogP contribution in [0.15, 0.2) is 24.3 Å². The number of para-hydroxylation sites is 1. The number of Topliss-reactive ketones (excluding diaryl/α,β-unsaturated/α-hetero) is 1. The van der Waals surface area contributed by atoms with Gasteiger partial charge in [0, 0.05) is 23.5 Å². The monoisotopic (exact) mass is 326 g/mol. The van der Waals surface area contributed by atoms with E-state index in [4.69, 9.17) is 0 Å². The Morgan fingerprint density at radius 1 is 1.21 bits per heavy atom. The molecule has 24 heavy (non-hydrogen) atoms. The highest BCUT2D eigenvalue weighted by molar-refractivity contribution is 6.10. The summed E-state index contributed by atoms with van der Waals surface area (Å²) in [6, 6.07) is 7.01. The number of carbonyl (C=O) groups is 3. The molecule has 2 N–H and O–H groups in total. The molecule has 0 saturated heterocycles. The van der Waals surface area contributed by atoms with Crippen molar-refractivity contribution >= 4 is 23.3 Å². The van der Waals surface area contributed by atoms with Gasteiger partial charge in [-0.2, -0.15) is 0 Å². The lowest BCUT2D eigenvalue weighted by Gasteiger charge is -2.17. The lowest BCUT2D eigenvalue weighted by atomic mass is 10.0. The maximum absolute atomic E-state index is 13.0. The first-order valence-corrected chi connectivity index (χ1v) is 7.66. The third-order valence-electron chi connectivity index (χ3n) is 4.51. The SMILES string of the molecule is CC(=O)c1c(C)[nH]c(C(=O)N2CC(C(=O)O)c3ccccc32)c1C. The molecule has 0 spiro atoms. The Labute approximate surface area is 139 Å². The Morgan fingerprint density at radius 2 is 1.88 bits per heavy atom. The zero-order valence-electron chi connectivity index (χ0n) is 13.7. The number of anilines is 1. The Balaban J connectivity index is 2.05. The van der Waals surface area contributed by atoms with E-state index >= 15 is 0 Å². The summed E-state index contributed by atoms with van der Waals surface area (Å²) >= 11 is 0. The molecular formula is C18H18N2O4. The number of ketones is 1. The number of rotatable bonds is 3. The number of hydrogen-bond acceptors (Lipinski definition) is 3. The van der Waals surface area contributed by atoms with Crippen molar-refractivity contribution in [3.8, 4) is 0 Å². The molecule has 3 rings (SSSR count). The zero-order valence-corrected chi connectivity index (χ0v) is 13.7. The van der Waals surface area contributed by atoms with Crippen molar-refractivity contribution in [2.24, 2.45) is 0 Å². The molecule has 1 aromatic carbocycles. The predicted octanol–water partition coefficient (Wildman–Crippen LogP) is 2.66. The minimum Gasteiger partial charge on any atom is -0.481 e. The van der Waals surface area contributed by atoms with Crippen molar-refractivity contribution in [2.75, 3.05) is 11.4 Å². The van der Waals surface area contributed by atoms with Crippen LogP contribution in [0.1, 0.15) is 50.5 Å². The molecule has 2 heterocycles. The van der Waals surface area contributed by atoms with Crippen molar-refractivity contribution in [3.05, 3.63) is 52.3 Å². The second kappa shape index (κ2) is 5.63. The summed E-state index contributed by atoms with van der Waals surface area (Å²) in [4.78, 5) is 40.7. The number of hydrogen-bond donors (Lipinski definition) is 2. The number of benzene rings is 1. The first-order valence-electron chi connectivity index (χ1n) is 7.66. The molecular weight excluding hydrogens is 308 g/mol. The van der Waals surface area contributed by atoms with E-state index in [0.29, 0.717) is 33.8 Å². The standard InChI is InChI=1S/C18H18N2O4/c1-9-15(11(3)21)10(2)19-16(9)17(22)20-8-13(18(23)24)12-6-4-5-7-14(12)20/h4-7,13,19H,8H2,1-3H3,(H,23,24). The van der Waals surface area contributed by atoms with Crippen LogP contribution in [0.3, 0.4) is 0 Å². The van der Waals surface area contributed by atoms with Crippen LogP contribution in [-0.2, 0) is 4.79 Å².